The molecule has 0 radical (unpaired) electrons. The molecule has 2 aromatic rings. The minimum atomic E-state index is -0.163. The number of nitrogens with zero attached hydrogens (tertiary/aromatic N) is 2. The van der Waals surface area contributed by atoms with Gasteiger partial charge in [0.05, 0.1) is 0 Å². The summed E-state index contributed by atoms with van der Waals surface area (Å²) >= 11 is 0. The maximum Gasteiger partial charge on any atom is 0.254 e. The molecule has 5 nitrogen and oxygen atoms in total. The summed E-state index contributed by atoms with van der Waals surface area (Å²) in [7, 11) is 1.67. The van der Waals surface area contributed by atoms with Crippen LogP contribution in [-0.4, -0.2) is 34.5 Å². The average Bonchev–Trinajstić information content (AvgIpc) is 2.99. The number of para-hydroxylation sites is 1. The average molecular weight is 297 g/mol. The van der Waals surface area contributed by atoms with Crippen molar-refractivity contribution in [3.8, 4) is 0 Å². The highest BCUT2D eigenvalue weighted by Gasteiger charge is 2.27. The smallest absolute Gasteiger partial charge is 0.254 e. The van der Waals surface area contributed by atoms with Gasteiger partial charge in [-0.25, -0.2) is 0 Å². The fourth-order valence-corrected chi connectivity index (χ4v) is 2.70. The van der Waals surface area contributed by atoms with Gasteiger partial charge in [-0.05, 0) is 24.6 Å². The second kappa shape index (κ2) is 6.05. The van der Waals surface area contributed by atoms with E-state index in [2.05, 4.69) is 5.32 Å². The van der Waals surface area contributed by atoms with Crippen LogP contribution in [0.2, 0.25) is 0 Å². The van der Waals surface area contributed by atoms with Gasteiger partial charge in [-0.3, -0.25) is 9.59 Å². The fourth-order valence-electron chi connectivity index (χ4n) is 2.70. The van der Waals surface area contributed by atoms with E-state index < -0.39 is 0 Å². The summed E-state index contributed by atoms with van der Waals surface area (Å²) in [5, 5.41) is 3.44. The lowest BCUT2D eigenvalue weighted by Gasteiger charge is -2.18. The van der Waals surface area contributed by atoms with Gasteiger partial charge >= 0.3 is 0 Å². The third-order valence-electron chi connectivity index (χ3n) is 3.97. The van der Waals surface area contributed by atoms with Crippen LogP contribution in [0.4, 0.5) is 5.69 Å². The van der Waals surface area contributed by atoms with Crippen molar-refractivity contribution in [3.63, 3.8) is 0 Å². The van der Waals surface area contributed by atoms with Crippen molar-refractivity contribution in [2.45, 2.75) is 12.5 Å². The predicted molar refractivity (Wildman–Crippen MR) is 86.1 cm³/mol. The number of pyridine rings is 1. The van der Waals surface area contributed by atoms with E-state index in [9.17, 15) is 9.59 Å². The summed E-state index contributed by atoms with van der Waals surface area (Å²) in [6.45, 7) is 1.36. The van der Waals surface area contributed by atoms with E-state index in [-0.39, 0.29) is 17.5 Å². The topological polar surface area (TPSA) is 54.3 Å². The molecule has 1 aromatic heterocycles. The Morgan fingerprint density at radius 1 is 1.23 bits per heavy atom. The number of hydrogen-bond donors (Lipinski definition) is 1. The Labute approximate surface area is 129 Å². The molecule has 114 valence electrons. The van der Waals surface area contributed by atoms with Crippen molar-refractivity contribution in [2.75, 3.05) is 18.4 Å². The zero-order valence-corrected chi connectivity index (χ0v) is 12.5. The standard InChI is InChI=1S/C17H19N3O2/c1-19-9-7-13(11-16(19)21)17(22)20-10-8-15(12-20)18-14-5-3-2-4-6-14/h2-7,9,11,15,18H,8,10,12H2,1H3. The van der Waals surface area contributed by atoms with Crippen molar-refractivity contribution >= 4 is 11.6 Å². The maximum absolute atomic E-state index is 12.5. The lowest BCUT2D eigenvalue weighted by molar-refractivity contribution is 0.0791. The van der Waals surface area contributed by atoms with E-state index in [1.807, 2.05) is 30.3 Å². The highest BCUT2D eigenvalue weighted by Crippen LogP contribution is 2.17. The van der Waals surface area contributed by atoms with Crippen molar-refractivity contribution < 1.29 is 4.79 Å². The number of amides is 1. The van der Waals surface area contributed by atoms with Gasteiger partial charge in [0, 0.05) is 49.7 Å². The Kier molecular flexibility index (Phi) is 3.96. The van der Waals surface area contributed by atoms with Crippen LogP contribution in [0.5, 0.6) is 0 Å². The van der Waals surface area contributed by atoms with Gasteiger partial charge in [0.15, 0.2) is 0 Å². The Balaban J connectivity index is 1.65. The summed E-state index contributed by atoms with van der Waals surface area (Å²) in [6.07, 6.45) is 2.54. The van der Waals surface area contributed by atoms with Gasteiger partial charge in [-0.15, -0.1) is 0 Å². The number of rotatable bonds is 3. The molecule has 1 amide bonds. The van der Waals surface area contributed by atoms with E-state index in [4.69, 9.17) is 0 Å². The van der Waals surface area contributed by atoms with Crippen LogP contribution in [0, 0.1) is 0 Å². The van der Waals surface area contributed by atoms with Gasteiger partial charge in [0.1, 0.15) is 0 Å². The number of anilines is 1. The molecule has 0 saturated carbocycles. The molecule has 1 saturated heterocycles. The summed E-state index contributed by atoms with van der Waals surface area (Å²) in [4.78, 5) is 25.9. The van der Waals surface area contributed by atoms with Crippen molar-refractivity contribution in [1.29, 1.82) is 0 Å². The molecule has 2 heterocycles. The summed E-state index contributed by atoms with van der Waals surface area (Å²) in [6, 6.07) is 13.3. The van der Waals surface area contributed by atoms with Crippen LogP contribution in [0.3, 0.4) is 0 Å². The zero-order chi connectivity index (χ0) is 15.5. The summed E-state index contributed by atoms with van der Waals surface area (Å²) in [5.74, 6) is -0.0740. The first-order valence-electron chi connectivity index (χ1n) is 7.41. The molecule has 1 aliphatic rings. The highest BCUT2D eigenvalue weighted by molar-refractivity contribution is 5.94. The fraction of sp³-hybridized carbons (Fsp3) is 0.294. The monoisotopic (exact) mass is 297 g/mol. The Hall–Kier alpha value is -2.56. The molecule has 1 aromatic carbocycles. The molecule has 22 heavy (non-hydrogen) atoms. The van der Waals surface area contributed by atoms with Crippen LogP contribution < -0.4 is 10.9 Å². The molecule has 0 aliphatic carbocycles. The van der Waals surface area contributed by atoms with Gasteiger partial charge in [0.25, 0.3) is 11.5 Å². The van der Waals surface area contributed by atoms with E-state index in [1.54, 1.807) is 24.2 Å². The van der Waals surface area contributed by atoms with Crippen LogP contribution in [-0.2, 0) is 7.05 Å². The van der Waals surface area contributed by atoms with E-state index >= 15 is 0 Å². The molecule has 1 N–H and O–H groups in total. The maximum atomic E-state index is 12.5. The molecule has 1 fully saturated rings. The summed E-state index contributed by atoms with van der Waals surface area (Å²) < 4.78 is 1.46. The largest absolute Gasteiger partial charge is 0.380 e. The SMILES string of the molecule is Cn1ccc(C(=O)N2CCC(Nc3ccccc3)C2)cc1=O. The number of carbonyl (C=O) groups excluding carboxylic acids is 1. The van der Waals surface area contributed by atoms with Crippen LogP contribution in [0.15, 0.2) is 53.5 Å². The molecule has 1 atom stereocenters. The Morgan fingerprint density at radius 3 is 2.73 bits per heavy atom. The minimum absolute atomic E-state index is 0.0740. The van der Waals surface area contributed by atoms with E-state index in [0.29, 0.717) is 18.7 Å². The number of nitrogens with one attached hydrogen (secondary N) is 1. The second-order valence-electron chi connectivity index (χ2n) is 5.61. The Bertz CT molecular complexity index is 724. The van der Waals surface area contributed by atoms with Gasteiger partial charge in [-0.1, -0.05) is 18.2 Å². The van der Waals surface area contributed by atoms with Crippen molar-refractivity contribution in [2.24, 2.45) is 7.05 Å². The van der Waals surface area contributed by atoms with Gasteiger partial charge in [0.2, 0.25) is 0 Å². The normalized spacial score (nSPS) is 17.5. The third-order valence-corrected chi connectivity index (χ3v) is 3.97. The quantitative estimate of drug-likeness (QED) is 0.938. The molecule has 1 aliphatic heterocycles. The zero-order valence-electron chi connectivity index (χ0n) is 12.5. The molecule has 0 spiro atoms. The molecule has 3 rings (SSSR count). The molecule has 1 unspecified atom stereocenters. The number of likely N-dealkylation sites (tertiary alicyclic amines) is 1. The van der Waals surface area contributed by atoms with E-state index in [1.165, 1.54) is 10.6 Å². The second-order valence-corrected chi connectivity index (χ2v) is 5.61. The number of aryl methyl sites for hydroxylation is 1. The summed E-state index contributed by atoms with van der Waals surface area (Å²) in [5.41, 5.74) is 1.36. The van der Waals surface area contributed by atoms with E-state index in [0.717, 1.165) is 12.1 Å². The lowest BCUT2D eigenvalue weighted by Crippen LogP contribution is -2.32. The van der Waals surface area contributed by atoms with Gasteiger partial charge in [-0.2, -0.15) is 0 Å². The number of hydrogen-bond acceptors (Lipinski definition) is 3. The minimum Gasteiger partial charge on any atom is -0.380 e. The first-order valence-corrected chi connectivity index (χ1v) is 7.41. The first kappa shape index (κ1) is 14.4. The van der Waals surface area contributed by atoms with Crippen LogP contribution in [0.25, 0.3) is 0 Å². The third kappa shape index (κ3) is 3.03. The van der Waals surface area contributed by atoms with Crippen molar-refractivity contribution in [1.82, 2.24) is 9.47 Å². The molecule has 5 heteroatoms. The molecular weight excluding hydrogens is 278 g/mol. The molecular formula is C17H19N3O2. The molecule has 0 bridgehead atoms. The van der Waals surface area contributed by atoms with Gasteiger partial charge < -0.3 is 14.8 Å². The number of aromatic nitrogens is 1. The van der Waals surface area contributed by atoms with Crippen LogP contribution in [0.1, 0.15) is 16.8 Å². The number of benzene rings is 1. The first-order chi connectivity index (χ1) is 10.6. The van der Waals surface area contributed by atoms with Crippen molar-refractivity contribution in [3.05, 3.63) is 64.6 Å². The number of carbonyl (C=O) groups is 1. The lowest BCUT2D eigenvalue weighted by atomic mass is 10.2. The van der Waals surface area contributed by atoms with Crippen LogP contribution >= 0.6 is 0 Å². The highest BCUT2D eigenvalue weighted by atomic mass is 16.2. The Morgan fingerprint density at radius 2 is 2.00 bits per heavy atom. The predicted octanol–water partition coefficient (Wildman–Crippen LogP) is 1.71.